The lowest BCUT2D eigenvalue weighted by Gasteiger charge is -2.28. The number of phenols is 1. The molecule has 3 N–H and O–H groups in total. The number of carboxylic acid groups (broad SMARTS) is 1. The SMILES string of the molecule is CC(C)(C)c1cccc(C=O)c1O.CC(C)[C@@H](NC(C)(C)C)C(=O)O. The van der Waals surface area contributed by atoms with Gasteiger partial charge in [-0.3, -0.25) is 14.9 Å². The number of aldehydes is 1. The van der Waals surface area contributed by atoms with E-state index in [2.05, 4.69) is 5.32 Å². The Balaban J connectivity index is 0.000000463. The van der Waals surface area contributed by atoms with Crippen molar-refractivity contribution in [2.24, 2.45) is 5.92 Å². The molecule has 0 amide bonds. The summed E-state index contributed by atoms with van der Waals surface area (Å²) in [5.41, 5.74) is 0.876. The molecule has 5 heteroatoms. The number of carboxylic acids is 1. The summed E-state index contributed by atoms with van der Waals surface area (Å²) in [5.74, 6) is -0.563. The zero-order valence-electron chi connectivity index (χ0n) is 16.7. The highest BCUT2D eigenvalue weighted by molar-refractivity contribution is 5.80. The Kier molecular flexibility index (Phi) is 8.32. The number of carbonyl (C=O) groups excluding carboxylic acids is 1. The van der Waals surface area contributed by atoms with E-state index in [0.29, 0.717) is 11.8 Å². The van der Waals surface area contributed by atoms with Gasteiger partial charge in [-0.25, -0.2) is 0 Å². The van der Waals surface area contributed by atoms with Gasteiger partial charge < -0.3 is 10.2 Å². The second-order valence-corrected chi connectivity index (χ2v) is 8.57. The van der Waals surface area contributed by atoms with E-state index in [-0.39, 0.29) is 22.6 Å². The molecule has 0 spiro atoms. The van der Waals surface area contributed by atoms with Gasteiger partial charge in [0, 0.05) is 5.54 Å². The van der Waals surface area contributed by atoms with Crippen LogP contribution in [0.1, 0.15) is 71.3 Å². The quantitative estimate of drug-likeness (QED) is 0.714. The minimum absolute atomic E-state index is 0.102. The zero-order valence-corrected chi connectivity index (χ0v) is 16.7. The number of phenolic OH excluding ortho intramolecular Hbond substituents is 1. The van der Waals surface area contributed by atoms with Gasteiger partial charge in [-0.15, -0.1) is 0 Å². The van der Waals surface area contributed by atoms with Crippen LogP contribution in [0.15, 0.2) is 18.2 Å². The van der Waals surface area contributed by atoms with Crippen molar-refractivity contribution in [3.8, 4) is 5.75 Å². The van der Waals surface area contributed by atoms with Crippen LogP contribution in [0.2, 0.25) is 0 Å². The molecule has 0 aromatic heterocycles. The summed E-state index contributed by atoms with van der Waals surface area (Å²) >= 11 is 0. The van der Waals surface area contributed by atoms with Crippen LogP contribution in [0.3, 0.4) is 0 Å². The van der Waals surface area contributed by atoms with Crippen molar-refractivity contribution in [1.29, 1.82) is 0 Å². The highest BCUT2D eigenvalue weighted by Gasteiger charge is 2.25. The highest BCUT2D eigenvalue weighted by atomic mass is 16.4. The number of aliphatic carboxylic acids is 1. The van der Waals surface area contributed by atoms with E-state index in [1.807, 2.05) is 61.5 Å². The van der Waals surface area contributed by atoms with Crippen LogP contribution in [-0.4, -0.2) is 34.0 Å². The number of hydrogen-bond acceptors (Lipinski definition) is 4. The number of rotatable bonds is 4. The van der Waals surface area contributed by atoms with Gasteiger partial charge in [0.05, 0.1) is 5.56 Å². The number of benzene rings is 1. The third-order valence-corrected chi connectivity index (χ3v) is 3.52. The second kappa shape index (κ2) is 8.99. The Morgan fingerprint density at radius 2 is 1.64 bits per heavy atom. The van der Waals surface area contributed by atoms with Gasteiger partial charge >= 0.3 is 5.97 Å². The first-order valence-electron chi connectivity index (χ1n) is 8.49. The van der Waals surface area contributed by atoms with Gasteiger partial charge in [-0.2, -0.15) is 0 Å². The summed E-state index contributed by atoms with van der Waals surface area (Å²) in [6.45, 7) is 15.7. The van der Waals surface area contributed by atoms with Crippen LogP contribution >= 0.6 is 0 Å². The van der Waals surface area contributed by atoms with Crippen molar-refractivity contribution >= 4 is 12.3 Å². The maximum absolute atomic E-state index is 10.8. The third kappa shape index (κ3) is 8.16. The van der Waals surface area contributed by atoms with Crippen molar-refractivity contribution in [3.05, 3.63) is 29.3 Å². The Morgan fingerprint density at radius 1 is 1.12 bits per heavy atom. The molecule has 0 fully saturated rings. The van der Waals surface area contributed by atoms with E-state index in [4.69, 9.17) is 5.11 Å². The van der Waals surface area contributed by atoms with E-state index >= 15 is 0 Å². The molecule has 0 unspecified atom stereocenters. The number of carbonyl (C=O) groups is 2. The van der Waals surface area contributed by atoms with Crippen LogP contribution in [0.4, 0.5) is 0 Å². The maximum Gasteiger partial charge on any atom is 0.320 e. The molecule has 1 rings (SSSR count). The Bertz CT molecular complexity index is 580. The van der Waals surface area contributed by atoms with Crippen molar-refractivity contribution < 1.29 is 19.8 Å². The van der Waals surface area contributed by atoms with Crippen LogP contribution in [0.5, 0.6) is 5.75 Å². The van der Waals surface area contributed by atoms with Crippen LogP contribution in [0.25, 0.3) is 0 Å². The third-order valence-electron chi connectivity index (χ3n) is 3.52. The van der Waals surface area contributed by atoms with Crippen molar-refractivity contribution in [3.63, 3.8) is 0 Å². The molecular formula is C20H33NO4. The van der Waals surface area contributed by atoms with E-state index in [9.17, 15) is 14.7 Å². The number of para-hydroxylation sites is 1. The van der Waals surface area contributed by atoms with Gasteiger partial charge in [0.1, 0.15) is 11.8 Å². The maximum atomic E-state index is 10.8. The smallest absolute Gasteiger partial charge is 0.320 e. The topological polar surface area (TPSA) is 86.6 Å². The number of hydrogen-bond donors (Lipinski definition) is 3. The summed E-state index contributed by atoms with van der Waals surface area (Å²) in [6, 6.07) is 4.77. The predicted octanol–water partition coefficient (Wildman–Crippen LogP) is 3.99. The van der Waals surface area contributed by atoms with E-state index in [0.717, 1.165) is 5.56 Å². The normalized spacial score (nSPS) is 13.0. The van der Waals surface area contributed by atoms with Crippen molar-refractivity contribution in [2.45, 2.75) is 72.4 Å². The summed E-state index contributed by atoms with van der Waals surface area (Å²) in [6.07, 6.45) is 0.671. The standard InChI is InChI=1S/C11H14O2.C9H19NO2/c1-11(2,3)9-6-4-5-8(7-12)10(9)13;1-6(2)7(8(11)12)10-9(3,4)5/h4-7,13H,1-3H3;6-7,10H,1-5H3,(H,11,12)/t;7-/m.1/s1. The second-order valence-electron chi connectivity index (χ2n) is 8.57. The van der Waals surface area contributed by atoms with Crippen molar-refractivity contribution in [1.82, 2.24) is 5.32 Å². The molecule has 5 nitrogen and oxygen atoms in total. The summed E-state index contributed by atoms with van der Waals surface area (Å²) in [4.78, 5) is 21.3. The Labute approximate surface area is 151 Å². The molecule has 0 aliphatic rings. The van der Waals surface area contributed by atoms with Gasteiger partial charge in [-0.1, -0.05) is 46.8 Å². The minimum Gasteiger partial charge on any atom is -0.507 e. The molecule has 0 saturated carbocycles. The molecule has 1 atom stereocenters. The molecule has 0 bridgehead atoms. The fourth-order valence-electron chi connectivity index (χ4n) is 2.24. The van der Waals surface area contributed by atoms with Crippen LogP contribution < -0.4 is 5.32 Å². The predicted molar refractivity (Wildman–Crippen MR) is 101 cm³/mol. The van der Waals surface area contributed by atoms with E-state index < -0.39 is 12.0 Å². The van der Waals surface area contributed by atoms with E-state index in [1.54, 1.807) is 12.1 Å². The lowest BCUT2D eigenvalue weighted by molar-refractivity contribution is -0.141. The first-order chi connectivity index (χ1) is 11.2. The molecule has 142 valence electrons. The lowest BCUT2D eigenvalue weighted by atomic mass is 9.85. The molecular weight excluding hydrogens is 318 g/mol. The van der Waals surface area contributed by atoms with Gasteiger partial charge in [0.25, 0.3) is 0 Å². The molecule has 1 aromatic carbocycles. The molecule has 0 aliphatic heterocycles. The lowest BCUT2D eigenvalue weighted by Crippen LogP contribution is -2.50. The zero-order chi connectivity index (χ0) is 20.0. The van der Waals surface area contributed by atoms with Gasteiger partial charge in [0.2, 0.25) is 0 Å². The molecule has 0 saturated heterocycles. The van der Waals surface area contributed by atoms with Gasteiger partial charge in [-0.05, 0) is 43.7 Å². The summed E-state index contributed by atoms with van der Waals surface area (Å²) < 4.78 is 0. The van der Waals surface area contributed by atoms with Gasteiger partial charge in [0.15, 0.2) is 6.29 Å². The number of nitrogens with one attached hydrogen (secondary N) is 1. The highest BCUT2D eigenvalue weighted by Crippen LogP contribution is 2.32. The monoisotopic (exact) mass is 351 g/mol. The molecule has 1 aromatic rings. The van der Waals surface area contributed by atoms with Crippen LogP contribution in [-0.2, 0) is 10.2 Å². The molecule has 0 radical (unpaired) electrons. The number of aromatic hydroxyl groups is 1. The molecule has 0 heterocycles. The Morgan fingerprint density at radius 3 is 1.92 bits per heavy atom. The minimum atomic E-state index is -0.778. The average Bonchev–Trinajstić information content (AvgIpc) is 2.43. The molecule has 0 aliphatic carbocycles. The van der Waals surface area contributed by atoms with Crippen LogP contribution in [0, 0.1) is 5.92 Å². The molecule has 25 heavy (non-hydrogen) atoms. The largest absolute Gasteiger partial charge is 0.507 e. The van der Waals surface area contributed by atoms with Crippen molar-refractivity contribution in [2.75, 3.05) is 0 Å². The first kappa shape index (κ1) is 23.1. The summed E-state index contributed by atoms with van der Waals surface area (Å²) in [5, 5.41) is 21.6. The first-order valence-corrected chi connectivity index (χ1v) is 8.49. The van der Waals surface area contributed by atoms with E-state index in [1.165, 1.54) is 0 Å². The Hall–Kier alpha value is -1.88. The average molecular weight is 351 g/mol. The fraction of sp³-hybridized carbons (Fsp3) is 0.600. The fourth-order valence-corrected chi connectivity index (χ4v) is 2.24. The summed E-state index contributed by atoms with van der Waals surface area (Å²) in [7, 11) is 0.